The molecule has 0 saturated carbocycles. The van der Waals surface area contributed by atoms with E-state index in [2.05, 4.69) is 20.6 Å². The highest BCUT2D eigenvalue weighted by molar-refractivity contribution is 5.95. The summed E-state index contributed by atoms with van der Waals surface area (Å²) in [5.74, 6) is 0.399. The summed E-state index contributed by atoms with van der Waals surface area (Å²) >= 11 is 0. The third-order valence-electron chi connectivity index (χ3n) is 2.40. The summed E-state index contributed by atoms with van der Waals surface area (Å²) in [7, 11) is 0. The Hall–Kier alpha value is -2.11. The highest BCUT2D eigenvalue weighted by Crippen LogP contribution is 2.03. The molecule has 0 aromatic carbocycles. The van der Waals surface area contributed by atoms with Crippen LogP contribution < -0.4 is 16.4 Å². The molecule has 2 amide bonds. The van der Waals surface area contributed by atoms with Crippen molar-refractivity contribution in [1.82, 2.24) is 15.6 Å². The number of hydrogen-bond acceptors (Lipinski definition) is 3. The highest BCUT2D eigenvalue weighted by atomic mass is 16.2. The molecule has 1 rings (SSSR count). The molecule has 104 valence electrons. The van der Waals surface area contributed by atoms with E-state index in [0.29, 0.717) is 12.5 Å². The van der Waals surface area contributed by atoms with Crippen LogP contribution in [0.3, 0.4) is 0 Å². The maximum absolute atomic E-state index is 10.9. The second-order valence-corrected chi connectivity index (χ2v) is 4.54. The molecule has 0 atom stereocenters. The number of primary amides is 1. The minimum absolute atomic E-state index is 0.169. The van der Waals surface area contributed by atoms with Crippen LogP contribution in [0.4, 0.5) is 4.79 Å². The van der Waals surface area contributed by atoms with E-state index in [-0.39, 0.29) is 6.04 Å². The fourth-order valence-electron chi connectivity index (χ4n) is 1.57. The van der Waals surface area contributed by atoms with E-state index >= 15 is 0 Å². The van der Waals surface area contributed by atoms with Crippen molar-refractivity contribution < 1.29 is 4.79 Å². The van der Waals surface area contributed by atoms with Gasteiger partial charge in [0.05, 0.1) is 0 Å². The quantitative estimate of drug-likeness (QED) is 0.558. The number of nitrogens with one attached hydrogen (secondary N) is 2. The number of pyridine rings is 1. The van der Waals surface area contributed by atoms with Gasteiger partial charge in [-0.05, 0) is 32.4 Å². The van der Waals surface area contributed by atoms with Gasteiger partial charge in [0.25, 0.3) is 0 Å². The number of hydrogen-bond donors (Lipinski definition) is 3. The first kappa shape index (κ1) is 14.9. The van der Waals surface area contributed by atoms with Crippen LogP contribution in [-0.2, 0) is 6.42 Å². The molecular weight excluding hydrogens is 242 g/mol. The van der Waals surface area contributed by atoms with Gasteiger partial charge < -0.3 is 11.1 Å². The van der Waals surface area contributed by atoms with Crippen molar-refractivity contribution >= 4 is 12.0 Å². The van der Waals surface area contributed by atoms with E-state index in [4.69, 9.17) is 5.73 Å². The molecule has 0 radical (unpaired) electrons. The molecule has 19 heavy (non-hydrogen) atoms. The zero-order valence-electron chi connectivity index (χ0n) is 11.6. The second kappa shape index (κ2) is 7.35. The average molecular weight is 263 g/mol. The fourth-order valence-corrected chi connectivity index (χ4v) is 1.57. The lowest BCUT2D eigenvalue weighted by Gasteiger charge is -2.12. The Morgan fingerprint density at radius 3 is 2.84 bits per heavy atom. The lowest BCUT2D eigenvalue weighted by Crippen LogP contribution is -2.46. The van der Waals surface area contributed by atoms with Crippen LogP contribution >= 0.6 is 0 Å². The van der Waals surface area contributed by atoms with E-state index in [9.17, 15) is 4.79 Å². The van der Waals surface area contributed by atoms with Gasteiger partial charge in [-0.3, -0.25) is 15.3 Å². The van der Waals surface area contributed by atoms with Crippen molar-refractivity contribution in [3.63, 3.8) is 0 Å². The van der Waals surface area contributed by atoms with E-state index in [1.165, 1.54) is 0 Å². The maximum Gasteiger partial charge on any atom is 0.318 e. The summed E-state index contributed by atoms with van der Waals surface area (Å²) < 4.78 is 0. The van der Waals surface area contributed by atoms with Gasteiger partial charge in [-0.1, -0.05) is 6.07 Å². The smallest absolute Gasteiger partial charge is 0.318 e. The monoisotopic (exact) mass is 263 g/mol. The van der Waals surface area contributed by atoms with Gasteiger partial charge in [0.1, 0.15) is 0 Å². The minimum atomic E-state index is -0.624. The molecule has 1 heterocycles. The first-order chi connectivity index (χ1) is 8.99. The molecule has 0 bridgehead atoms. The zero-order chi connectivity index (χ0) is 14.3. The van der Waals surface area contributed by atoms with E-state index < -0.39 is 6.03 Å². The summed E-state index contributed by atoms with van der Waals surface area (Å²) in [5, 5.41) is 5.50. The molecule has 0 fully saturated rings. The van der Waals surface area contributed by atoms with Crippen LogP contribution in [0.15, 0.2) is 23.3 Å². The number of aromatic nitrogens is 1. The van der Waals surface area contributed by atoms with E-state index in [1.807, 2.05) is 32.9 Å². The number of aryl methyl sites for hydroxylation is 1. The third kappa shape index (κ3) is 5.85. The van der Waals surface area contributed by atoms with Crippen molar-refractivity contribution in [2.24, 2.45) is 10.7 Å². The molecule has 0 spiro atoms. The Kier molecular flexibility index (Phi) is 5.78. The van der Waals surface area contributed by atoms with Gasteiger partial charge in [-0.15, -0.1) is 0 Å². The average Bonchev–Trinajstić information content (AvgIpc) is 2.30. The Morgan fingerprint density at radius 1 is 1.53 bits per heavy atom. The number of carbonyl (C=O) groups is 1. The topological polar surface area (TPSA) is 92.4 Å². The molecule has 6 nitrogen and oxygen atoms in total. The SMILES string of the molecule is Cc1cccnc1CCN=C(NC(N)=O)NC(C)C. The standard InChI is InChI=1S/C13H21N5O/c1-9(2)17-13(18-12(14)19)16-8-6-11-10(3)5-4-7-15-11/h4-5,7,9H,6,8H2,1-3H3,(H4,14,16,17,18,19). The lowest BCUT2D eigenvalue weighted by molar-refractivity contribution is 0.252. The molecule has 6 heteroatoms. The van der Waals surface area contributed by atoms with Gasteiger partial charge in [0.2, 0.25) is 0 Å². The van der Waals surface area contributed by atoms with Gasteiger partial charge in [-0.2, -0.15) is 0 Å². The predicted octanol–water partition coefficient (Wildman–Crippen LogP) is 0.955. The van der Waals surface area contributed by atoms with Gasteiger partial charge in [0.15, 0.2) is 5.96 Å². The number of urea groups is 1. The van der Waals surface area contributed by atoms with Crippen molar-refractivity contribution in [2.45, 2.75) is 33.2 Å². The first-order valence-corrected chi connectivity index (χ1v) is 6.27. The number of amides is 2. The maximum atomic E-state index is 10.9. The number of nitrogens with zero attached hydrogens (tertiary/aromatic N) is 2. The Bertz CT molecular complexity index is 456. The van der Waals surface area contributed by atoms with Gasteiger partial charge >= 0.3 is 6.03 Å². The number of nitrogens with two attached hydrogens (primary N) is 1. The molecule has 0 aliphatic heterocycles. The van der Waals surface area contributed by atoms with Crippen LogP contribution in [0.25, 0.3) is 0 Å². The summed E-state index contributed by atoms with van der Waals surface area (Å²) in [6.45, 7) is 6.47. The van der Waals surface area contributed by atoms with Crippen LogP contribution in [0.1, 0.15) is 25.1 Å². The molecular formula is C13H21N5O. The molecule has 4 N–H and O–H groups in total. The van der Waals surface area contributed by atoms with Crippen LogP contribution in [0, 0.1) is 6.92 Å². The number of carbonyl (C=O) groups excluding carboxylic acids is 1. The second-order valence-electron chi connectivity index (χ2n) is 4.54. The predicted molar refractivity (Wildman–Crippen MR) is 76.0 cm³/mol. The minimum Gasteiger partial charge on any atom is -0.354 e. The molecule has 0 saturated heterocycles. The Morgan fingerprint density at radius 2 is 2.26 bits per heavy atom. The third-order valence-corrected chi connectivity index (χ3v) is 2.40. The van der Waals surface area contributed by atoms with Gasteiger partial charge in [0, 0.05) is 30.9 Å². The first-order valence-electron chi connectivity index (χ1n) is 6.27. The number of rotatable bonds is 4. The fraction of sp³-hybridized carbons (Fsp3) is 0.462. The van der Waals surface area contributed by atoms with E-state index in [1.54, 1.807) is 6.20 Å². The van der Waals surface area contributed by atoms with E-state index in [0.717, 1.165) is 17.7 Å². The van der Waals surface area contributed by atoms with Crippen molar-refractivity contribution in [3.8, 4) is 0 Å². The Balaban J connectivity index is 2.60. The molecule has 0 aliphatic carbocycles. The van der Waals surface area contributed by atoms with Crippen LogP contribution in [0.2, 0.25) is 0 Å². The highest BCUT2D eigenvalue weighted by Gasteiger charge is 2.04. The lowest BCUT2D eigenvalue weighted by atomic mass is 10.2. The molecule has 1 aromatic rings. The van der Waals surface area contributed by atoms with Crippen molar-refractivity contribution in [3.05, 3.63) is 29.6 Å². The number of aliphatic imine (C=N–C) groups is 1. The van der Waals surface area contributed by atoms with Gasteiger partial charge in [-0.25, -0.2) is 4.79 Å². The normalized spacial score (nSPS) is 11.5. The summed E-state index contributed by atoms with van der Waals surface area (Å²) in [6.07, 6.45) is 2.48. The van der Waals surface area contributed by atoms with Crippen molar-refractivity contribution in [2.75, 3.05) is 6.54 Å². The zero-order valence-corrected chi connectivity index (χ0v) is 11.6. The van der Waals surface area contributed by atoms with Crippen LogP contribution in [-0.4, -0.2) is 29.6 Å². The number of guanidine groups is 1. The van der Waals surface area contributed by atoms with Crippen molar-refractivity contribution in [1.29, 1.82) is 0 Å². The largest absolute Gasteiger partial charge is 0.354 e. The molecule has 0 aliphatic rings. The Labute approximate surface area is 113 Å². The summed E-state index contributed by atoms with van der Waals surface area (Å²) in [5.41, 5.74) is 7.24. The summed E-state index contributed by atoms with van der Waals surface area (Å²) in [6, 6.07) is 3.46. The molecule has 1 aromatic heterocycles. The molecule has 0 unspecified atom stereocenters. The summed E-state index contributed by atoms with van der Waals surface area (Å²) in [4.78, 5) is 19.4. The van der Waals surface area contributed by atoms with Crippen LogP contribution in [0.5, 0.6) is 0 Å².